The third-order valence-corrected chi connectivity index (χ3v) is 3.10. The second kappa shape index (κ2) is 10.3. The van der Waals surface area contributed by atoms with Crippen LogP contribution in [0.4, 0.5) is 0 Å². The van der Waals surface area contributed by atoms with Crippen molar-refractivity contribution in [2.75, 3.05) is 13.6 Å². The highest BCUT2D eigenvalue weighted by atomic mass is 127. The molecule has 2 rings (SSSR count). The maximum atomic E-state index is 5.75. The number of nitrogens with one attached hydrogen (secondary N) is 2. The topological polar surface area (TPSA) is 62.2 Å². The van der Waals surface area contributed by atoms with Crippen molar-refractivity contribution in [3.8, 4) is 0 Å². The minimum Gasteiger partial charge on any atom is -0.356 e. The molecule has 0 radical (unpaired) electrons. The lowest BCUT2D eigenvalue weighted by Gasteiger charge is -2.11. The summed E-state index contributed by atoms with van der Waals surface area (Å²) in [5.74, 6) is 0.751. The van der Waals surface area contributed by atoms with Gasteiger partial charge in [-0.15, -0.1) is 24.0 Å². The van der Waals surface area contributed by atoms with Gasteiger partial charge < -0.3 is 10.6 Å². The first-order chi connectivity index (χ1) is 10.3. The highest BCUT2D eigenvalue weighted by Gasteiger charge is 1.99. The van der Waals surface area contributed by atoms with Crippen LogP contribution < -0.4 is 10.6 Å². The van der Waals surface area contributed by atoms with Gasteiger partial charge >= 0.3 is 0 Å². The molecule has 2 aromatic heterocycles. The Morgan fingerprint density at radius 1 is 1.18 bits per heavy atom. The van der Waals surface area contributed by atoms with E-state index in [-0.39, 0.29) is 24.0 Å². The minimum absolute atomic E-state index is 0. The maximum Gasteiger partial charge on any atom is 0.191 e. The molecule has 0 saturated heterocycles. The Bertz CT molecular complexity index is 574. The Hall–Kier alpha value is -1.41. The summed E-state index contributed by atoms with van der Waals surface area (Å²) in [5.41, 5.74) is 2.11. The summed E-state index contributed by atoms with van der Waals surface area (Å²) >= 11 is 5.75. The standard InChI is InChI=1S/C15H18ClN5.HI/c1-17-15(19-9-7-13-4-2-3-8-18-13)21-11-12-5-6-14(16)20-10-12;/h2-6,8,10H,7,9,11H2,1H3,(H2,17,19,21);1H. The molecule has 118 valence electrons. The van der Waals surface area contributed by atoms with Crippen molar-refractivity contribution in [3.05, 3.63) is 59.1 Å². The molecule has 2 heterocycles. The van der Waals surface area contributed by atoms with E-state index in [1.165, 1.54) is 0 Å². The zero-order valence-corrected chi connectivity index (χ0v) is 15.4. The fraction of sp³-hybridized carbons (Fsp3) is 0.267. The van der Waals surface area contributed by atoms with Crippen molar-refractivity contribution in [3.63, 3.8) is 0 Å². The first kappa shape index (κ1) is 18.6. The average Bonchev–Trinajstić information content (AvgIpc) is 2.53. The Balaban J connectivity index is 0.00000242. The van der Waals surface area contributed by atoms with Crippen LogP contribution in [0, 0.1) is 0 Å². The number of aliphatic imine (C=N–C) groups is 1. The molecule has 22 heavy (non-hydrogen) atoms. The number of aromatic nitrogens is 2. The molecular formula is C15H19ClIN5. The fourth-order valence-electron chi connectivity index (χ4n) is 1.77. The van der Waals surface area contributed by atoms with Crippen molar-refractivity contribution >= 4 is 41.5 Å². The smallest absolute Gasteiger partial charge is 0.191 e. The average molecular weight is 432 g/mol. The van der Waals surface area contributed by atoms with Gasteiger partial charge in [-0.25, -0.2) is 4.98 Å². The predicted octanol–water partition coefficient (Wildman–Crippen LogP) is 2.66. The van der Waals surface area contributed by atoms with Gasteiger partial charge in [0.1, 0.15) is 5.15 Å². The molecule has 0 aromatic carbocycles. The van der Waals surface area contributed by atoms with E-state index in [1.54, 1.807) is 25.5 Å². The number of nitrogens with zero attached hydrogens (tertiary/aromatic N) is 3. The van der Waals surface area contributed by atoms with Crippen molar-refractivity contribution in [2.24, 2.45) is 4.99 Å². The molecular weight excluding hydrogens is 413 g/mol. The molecule has 0 unspecified atom stereocenters. The van der Waals surface area contributed by atoms with Crippen molar-refractivity contribution in [2.45, 2.75) is 13.0 Å². The van der Waals surface area contributed by atoms with Gasteiger partial charge in [0.25, 0.3) is 0 Å². The molecule has 0 aliphatic rings. The summed E-state index contributed by atoms with van der Waals surface area (Å²) < 4.78 is 0. The molecule has 0 amide bonds. The van der Waals surface area contributed by atoms with Crippen molar-refractivity contribution in [1.29, 1.82) is 0 Å². The quantitative estimate of drug-likeness (QED) is 0.331. The van der Waals surface area contributed by atoms with Crippen LogP contribution in [-0.2, 0) is 13.0 Å². The number of hydrogen-bond acceptors (Lipinski definition) is 3. The lowest BCUT2D eigenvalue weighted by molar-refractivity contribution is 0.783. The van der Waals surface area contributed by atoms with Crippen LogP contribution in [0.15, 0.2) is 47.7 Å². The van der Waals surface area contributed by atoms with Gasteiger partial charge in [0.2, 0.25) is 0 Å². The minimum atomic E-state index is 0. The van der Waals surface area contributed by atoms with E-state index in [0.717, 1.165) is 30.2 Å². The van der Waals surface area contributed by atoms with Crippen molar-refractivity contribution in [1.82, 2.24) is 20.6 Å². The normalized spacial score (nSPS) is 10.7. The molecule has 0 atom stereocenters. The monoisotopic (exact) mass is 431 g/mol. The second-order valence-electron chi connectivity index (χ2n) is 4.41. The number of guanidine groups is 1. The van der Waals surface area contributed by atoms with E-state index in [9.17, 15) is 0 Å². The Labute approximate surface area is 152 Å². The molecule has 0 bridgehead atoms. The maximum absolute atomic E-state index is 5.75. The molecule has 0 saturated carbocycles. The fourth-order valence-corrected chi connectivity index (χ4v) is 1.88. The molecule has 0 aliphatic carbocycles. The SMILES string of the molecule is CN=C(NCCc1ccccn1)NCc1ccc(Cl)nc1.I. The van der Waals surface area contributed by atoms with Crippen LogP contribution in [0.25, 0.3) is 0 Å². The molecule has 2 aromatic rings. The number of halogens is 2. The van der Waals surface area contributed by atoms with Crippen LogP contribution in [0.1, 0.15) is 11.3 Å². The number of hydrogen-bond donors (Lipinski definition) is 2. The van der Waals surface area contributed by atoms with Gasteiger partial charge in [-0.1, -0.05) is 23.7 Å². The van der Waals surface area contributed by atoms with E-state index in [0.29, 0.717) is 11.7 Å². The van der Waals surface area contributed by atoms with Crippen LogP contribution in [0.2, 0.25) is 5.15 Å². The first-order valence-corrected chi connectivity index (χ1v) is 7.10. The lowest BCUT2D eigenvalue weighted by Crippen LogP contribution is -2.37. The summed E-state index contributed by atoms with van der Waals surface area (Å²) in [4.78, 5) is 12.5. The van der Waals surface area contributed by atoms with E-state index in [1.807, 2.05) is 24.3 Å². The van der Waals surface area contributed by atoms with Gasteiger partial charge in [-0.05, 0) is 23.8 Å². The molecule has 0 spiro atoms. The first-order valence-electron chi connectivity index (χ1n) is 6.73. The van der Waals surface area contributed by atoms with Gasteiger partial charge in [0.15, 0.2) is 5.96 Å². The molecule has 0 fully saturated rings. The highest BCUT2D eigenvalue weighted by Crippen LogP contribution is 2.04. The summed E-state index contributed by atoms with van der Waals surface area (Å²) in [6, 6.07) is 9.62. The number of pyridine rings is 2. The van der Waals surface area contributed by atoms with Gasteiger partial charge in [0.05, 0.1) is 0 Å². The number of rotatable bonds is 5. The van der Waals surface area contributed by atoms with Crippen LogP contribution in [0.3, 0.4) is 0 Å². The van der Waals surface area contributed by atoms with Gasteiger partial charge in [-0.2, -0.15) is 0 Å². The largest absolute Gasteiger partial charge is 0.356 e. The van der Waals surface area contributed by atoms with Gasteiger partial charge in [0, 0.05) is 44.6 Å². The van der Waals surface area contributed by atoms with Gasteiger partial charge in [-0.3, -0.25) is 9.98 Å². The van der Waals surface area contributed by atoms with E-state index < -0.39 is 0 Å². The Kier molecular flexibility index (Phi) is 8.76. The predicted molar refractivity (Wildman–Crippen MR) is 101 cm³/mol. The zero-order valence-electron chi connectivity index (χ0n) is 12.3. The van der Waals surface area contributed by atoms with Crippen molar-refractivity contribution < 1.29 is 0 Å². The molecule has 5 nitrogen and oxygen atoms in total. The van der Waals surface area contributed by atoms with E-state index >= 15 is 0 Å². The summed E-state index contributed by atoms with van der Waals surface area (Å²) in [6.45, 7) is 1.42. The second-order valence-corrected chi connectivity index (χ2v) is 4.80. The lowest BCUT2D eigenvalue weighted by atomic mass is 10.3. The third kappa shape index (κ3) is 6.57. The van der Waals surface area contributed by atoms with Crippen LogP contribution >= 0.6 is 35.6 Å². The van der Waals surface area contributed by atoms with Crippen LogP contribution in [0.5, 0.6) is 0 Å². The summed E-state index contributed by atoms with van der Waals surface area (Å²) in [5, 5.41) is 6.98. The highest BCUT2D eigenvalue weighted by molar-refractivity contribution is 14.0. The van der Waals surface area contributed by atoms with E-state index in [2.05, 4.69) is 25.6 Å². The Morgan fingerprint density at radius 3 is 2.68 bits per heavy atom. The van der Waals surface area contributed by atoms with E-state index in [4.69, 9.17) is 11.6 Å². The summed E-state index contributed by atoms with van der Waals surface area (Å²) in [7, 11) is 1.75. The molecule has 7 heteroatoms. The summed E-state index contributed by atoms with van der Waals surface area (Å²) in [6.07, 6.45) is 4.40. The zero-order chi connectivity index (χ0) is 14.9. The molecule has 0 aliphatic heterocycles. The van der Waals surface area contributed by atoms with Crippen LogP contribution in [-0.4, -0.2) is 29.5 Å². The third-order valence-electron chi connectivity index (χ3n) is 2.87. The Morgan fingerprint density at radius 2 is 2.05 bits per heavy atom. The molecule has 2 N–H and O–H groups in total.